The van der Waals surface area contributed by atoms with E-state index in [1.54, 1.807) is 4.68 Å². The van der Waals surface area contributed by atoms with E-state index in [0.29, 0.717) is 0 Å². The summed E-state index contributed by atoms with van der Waals surface area (Å²) in [6, 6.07) is 18.1. The lowest BCUT2D eigenvalue weighted by molar-refractivity contribution is 0.427. The summed E-state index contributed by atoms with van der Waals surface area (Å²) in [5, 5.41) is 15.4. The van der Waals surface area contributed by atoms with Crippen LogP contribution in [0.4, 0.5) is 0 Å². The van der Waals surface area contributed by atoms with Gasteiger partial charge in [-0.25, -0.2) is 4.68 Å². The van der Waals surface area contributed by atoms with Crippen molar-refractivity contribution >= 4 is 0 Å². The lowest BCUT2D eigenvalue weighted by Crippen LogP contribution is -1.95. The number of nitrogens with zero attached hydrogens (tertiary/aromatic N) is 2. The summed E-state index contributed by atoms with van der Waals surface area (Å²) in [7, 11) is 0. The van der Waals surface area contributed by atoms with Crippen LogP contribution >= 0.6 is 0 Å². The van der Waals surface area contributed by atoms with Gasteiger partial charge in [-0.3, -0.25) is 0 Å². The van der Waals surface area contributed by atoms with Gasteiger partial charge in [-0.05, 0) is 31.9 Å². The highest BCUT2D eigenvalue weighted by Crippen LogP contribution is 2.33. The monoisotopic (exact) mass is 306 g/mol. The minimum Gasteiger partial charge on any atom is -0.493 e. The Kier molecular flexibility index (Phi) is 4.47. The zero-order valence-corrected chi connectivity index (χ0v) is 13.7. The largest absolute Gasteiger partial charge is 0.493 e. The Labute approximate surface area is 137 Å². The smallest absolute Gasteiger partial charge is 0.218 e. The fraction of sp³-hybridized carbons (Fsp3) is 0.250. The van der Waals surface area contributed by atoms with Crippen molar-refractivity contribution in [1.82, 2.24) is 9.78 Å². The van der Waals surface area contributed by atoms with Crippen molar-refractivity contribution in [3.63, 3.8) is 0 Å². The van der Waals surface area contributed by atoms with Gasteiger partial charge in [-0.15, -0.1) is 0 Å². The number of aromatic nitrogens is 2. The Balaban J connectivity index is 2.12. The van der Waals surface area contributed by atoms with Gasteiger partial charge >= 0.3 is 0 Å². The van der Waals surface area contributed by atoms with Crippen LogP contribution in [0.25, 0.3) is 16.9 Å². The molecule has 0 amide bonds. The Morgan fingerprint density at radius 3 is 2.35 bits per heavy atom. The normalized spacial score (nSPS) is 10.9. The van der Waals surface area contributed by atoms with Gasteiger partial charge < -0.3 is 5.11 Å². The zero-order chi connectivity index (χ0) is 16.2. The highest BCUT2D eigenvalue weighted by molar-refractivity contribution is 5.66. The maximum Gasteiger partial charge on any atom is 0.218 e. The fourth-order valence-electron chi connectivity index (χ4n) is 2.72. The standard InChI is InChI=1S/C20H22N2O/c1-3-4-10-18-19(16-13-11-15(2)12-14-16)21-22(20(18)23)17-8-6-5-7-9-17/h5-9,11-14,23H,3-4,10H2,1-2H3. The molecule has 0 spiro atoms. The average Bonchev–Trinajstić information content (AvgIpc) is 2.91. The molecule has 1 N–H and O–H groups in total. The third-order valence-corrected chi connectivity index (χ3v) is 4.06. The van der Waals surface area contributed by atoms with Gasteiger partial charge in [0.25, 0.3) is 0 Å². The summed E-state index contributed by atoms with van der Waals surface area (Å²) >= 11 is 0. The topological polar surface area (TPSA) is 38.0 Å². The number of aromatic hydroxyl groups is 1. The van der Waals surface area contributed by atoms with Crippen molar-refractivity contribution in [1.29, 1.82) is 0 Å². The van der Waals surface area contributed by atoms with Crippen LogP contribution in [-0.2, 0) is 6.42 Å². The molecular formula is C20H22N2O. The van der Waals surface area contributed by atoms with Crippen LogP contribution in [0, 0.1) is 6.92 Å². The van der Waals surface area contributed by atoms with E-state index >= 15 is 0 Å². The summed E-state index contributed by atoms with van der Waals surface area (Å²) in [5.74, 6) is 0.250. The third kappa shape index (κ3) is 3.14. The van der Waals surface area contributed by atoms with Gasteiger partial charge in [0.2, 0.25) is 5.88 Å². The third-order valence-electron chi connectivity index (χ3n) is 4.06. The second-order valence-electron chi connectivity index (χ2n) is 5.87. The van der Waals surface area contributed by atoms with Gasteiger partial charge in [0, 0.05) is 11.1 Å². The number of rotatable bonds is 5. The van der Waals surface area contributed by atoms with E-state index in [1.165, 1.54) is 5.56 Å². The quantitative estimate of drug-likeness (QED) is 0.728. The Hall–Kier alpha value is -2.55. The van der Waals surface area contributed by atoms with E-state index in [0.717, 1.165) is 41.8 Å². The van der Waals surface area contributed by atoms with Crippen LogP contribution < -0.4 is 0 Å². The summed E-state index contributed by atoms with van der Waals surface area (Å²) in [5.41, 5.74) is 4.95. The molecule has 1 aromatic heterocycles. The van der Waals surface area contributed by atoms with Crippen molar-refractivity contribution < 1.29 is 5.11 Å². The van der Waals surface area contributed by atoms with Crippen LogP contribution in [0.2, 0.25) is 0 Å². The molecule has 0 unspecified atom stereocenters. The number of hydrogen-bond acceptors (Lipinski definition) is 2. The summed E-state index contributed by atoms with van der Waals surface area (Å²) < 4.78 is 1.64. The maximum absolute atomic E-state index is 10.7. The first-order chi connectivity index (χ1) is 11.2. The molecule has 23 heavy (non-hydrogen) atoms. The van der Waals surface area contributed by atoms with Crippen molar-refractivity contribution in [3.8, 4) is 22.8 Å². The minimum atomic E-state index is 0.250. The van der Waals surface area contributed by atoms with Gasteiger partial charge in [0.1, 0.15) is 0 Å². The summed E-state index contributed by atoms with van der Waals surface area (Å²) in [4.78, 5) is 0. The molecule has 3 heteroatoms. The number of hydrogen-bond donors (Lipinski definition) is 1. The lowest BCUT2D eigenvalue weighted by Gasteiger charge is -2.03. The zero-order valence-electron chi connectivity index (χ0n) is 13.7. The molecule has 0 aliphatic carbocycles. The number of para-hydroxylation sites is 1. The second kappa shape index (κ2) is 6.69. The van der Waals surface area contributed by atoms with Crippen molar-refractivity contribution in [3.05, 3.63) is 65.7 Å². The van der Waals surface area contributed by atoms with Gasteiger partial charge in [-0.1, -0.05) is 61.4 Å². The van der Waals surface area contributed by atoms with Crippen LogP contribution in [-0.4, -0.2) is 14.9 Å². The summed E-state index contributed by atoms with van der Waals surface area (Å²) in [6.45, 7) is 4.23. The molecule has 0 radical (unpaired) electrons. The molecule has 2 aromatic carbocycles. The Bertz CT molecular complexity index is 773. The number of aryl methyl sites for hydroxylation is 1. The molecule has 0 fully saturated rings. The summed E-state index contributed by atoms with van der Waals surface area (Å²) in [6.07, 6.45) is 2.95. The lowest BCUT2D eigenvalue weighted by atomic mass is 10.0. The van der Waals surface area contributed by atoms with Crippen molar-refractivity contribution in [2.75, 3.05) is 0 Å². The van der Waals surface area contributed by atoms with Crippen molar-refractivity contribution in [2.45, 2.75) is 33.1 Å². The first-order valence-corrected chi connectivity index (χ1v) is 8.14. The molecule has 0 bridgehead atoms. The Morgan fingerprint density at radius 2 is 1.70 bits per heavy atom. The highest BCUT2D eigenvalue weighted by Gasteiger charge is 2.19. The molecule has 0 aliphatic heterocycles. The predicted molar refractivity (Wildman–Crippen MR) is 94.0 cm³/mol. The predicted octanol–water partition coefficient (Wildman–Crippen LogP) is 4.90. The van der Waals surface area contributed by atoms with Crippen LogP contribution in [0.15, 0.2) is 54.6 Å². The highest BCUT2D eigenvalue weighted by atomic mass is 16.3. The molecule has 1 heterocycles. The van der Waals surface area contributed by atoms with E-state index in [-0.39, 0.29) is 5.88 Å². The Morgan fingerprint density at radius 1 is 1.00 bits per heavy atom. The fourth-order valence-corrected chi connectivity index (χ4v) is 2.72. The first kappa shape index (κ1) is 15.3. The van der Waals surface area contributed by atoms with Gasteiger partial charge in [0.15, 0.2) is 0 Å². The molecule has 0 atom stereocenters. The molecule has 0 saturated carbocycles. The van der Waals surface area contributed by atoms with Crippen LogP contribution in [0.3, 0.4) is 0 Å². The number of unbranched alkanes of at least 4 members (excludes halogenated alkanes) is 1. The molecule has 3 nitrogen and oxygen atoms in total. The van der Waals surface area contributed by atoms with E-state index in [9.17, 15) is 5.11 Å². The molecule has 0 saturated heterocycles. The average molecular weight is 306 g/mol. The minimum absolute atomic E-state index is 0.250. The molecule has 118 valence electrons. The first-order valence-electron chi connectivity index (χ1n) is 8.14. The second-order valence-corrected chi connectivity index (χ2v) is 5.87. The van der Waals surface area contributed by atoms with Gasteiger partial charge in [0.05, 0.1) is 11.4 Å². The van der Waals surface area contributed by atoms with E-state index < -0.39 is 0 Å². The van der Waals surface area contributed by atoms with Crippen LogP contribution in [0.1, 0.15) is 30.9 Å². The number of benzene rings is 2. The van der Waals surface area contributed by atoms with Crippen molar-refractivity contribution in [2.24, 2.45) is 0 Å². The van der Waals surface area contributed by atoms with Crippen LogP contribution in [0.5, 0.6) is 5.88 Å². The van der Waals surface area contributed by atoms with E-state index in [4.69, 9.17) is 5.10 Å². The SMILES string of the molecule is CCCCc1c(-c2ccc(C)cc2)nn(-c2ccccc2)c1O. The molecule has 0 aliphatic rings. The van der Waals surface area contributed by atoms with E-state index in [1.807, 2.05) is 30.3 Å². The molecule has 3 aromatic rings. The van der Waals surface area contributed by atoms with Gasteiger partial charge in [-0.2, -0.15) is 5.10 Å². The maximum atomic E-state index is 10.7. The molecule has 3 rings (SSSR count). The molecular weight excluding hydrogens is 284 g/mol. The van der Waals surface area contributed by atoms with E-state index in [2.05, 4.69) is 38.1 Å².